The first-order valence-electron chi connectivity index (χ1n) is 8.57. The molecule has 0 heterocycles. The highest BCUT2D eigenvalue weighted by Gasteiger charge is 2.06. The molecule has 0 atom stereocenters. The number of hydrogen-bond donors (Lipinski definition) is 1. The molecule has 0 aliphatic heterocycles. The van der Waals surface area contributed by atoms with E-state index in [9.17, 15) is 4.39 Å². The molecule has 0 radical (unpaired) electrons. The van der Waals surface area contributed by atoms with Crippen molar-refractivity contribution >= 4 is 5.69 Å². The van der Waals surface area contributed by atoms with Crippen molar-refractivity contribution in [1.29, 1.82) is 0 Å². The van der Waals surface area contributed by atoms with Crippen molar-refractivity contribution in [3.05, 3.63) is 89.7 Å². The number of rotatable bonds is 8. The summed E-state index contributed by atoms with van der Waals surface area (Å²) in [5, 5.41) is 3.26. The van der Waals surface area contributed by atoms with Gasteiger partial charge in [0.1, 0.15) is 5.82 Å². The Kier molecular flexibility index (Phi) is 6.09. The lowest BCUT2D eigenvalue weighted by molar-refractivity contribution is 0.297. The van der Waals surface area contributed by atoms with E-state index >= 15 is 0 Å². The van der Waals surface area contributed by atoms with Gasteiger partial charge in [0.25, 0.3) is 0 Å². The quantitative estimate of drug-likeness (QED) is 0.615. The van der Waals surface area contributed by atoms with Gasteiger partial charge in [-0.25, -0.2) is 4.39 Å². The number of benzene rings is 3. The Labute approximate surface area is 153 Å². The number of anilines is 1. The highest BCUT2D eigenvalue weighted by Crippen LogP contribution is 2.28. The Bertz CT molecular complexity index is 819. The zero-order valence-corrected chi connectivity index (χ0v) is 14.7. The van der Waals surface area contributed by atoms with Gasteiger partial charge in [-0.3, -0.25) is 0 Å². The highest BCUT2D eigenvalue weighted by atomic mass is 19.1. The summed E-state index contributed by atoms with van der Waals surface area (Å²) in [6.45, 7) is 1.21. The van der Waals surface area contributed by atoms with Crippen molar-refractivity contribution in [3.63, 3.8) is 0 Å². The zero-order chi connectivity index (χ0) is 18.2. The summed E-state index contributed by atoms with van der Waals surface area (Å²) >= 11 is 0. The molecule has 4 heteroatoms. The van der Waals surface area contributed by atoms with E-state index in [2.05, 4.69) is 17.4 Å². The first-order chi connectivity index (χ1) is 12.7. The van der Waals surface area contributed by atoms with E-state index in [0.29, 0.717) is 18.9 Å². The van der Waals surface area contributed by atoms with Crippen LogP contribution in [0.4, 0.5) is 10.1 Å². The van der Waals surface area contributed by atoms with E-state index < -0.39 is 0 Å². The molecule has 3 rings (SSSR count). The lowest BCUT2D eigenvalue weighted by atomic mass is 10.1. The molecule has 0 unspecified atom stereocenters. The van der Waals surface area contributed by atoms with Gasteiger partial charge in [-0.05, 0) is 47.5 Å². The average Bonchev–Trinajstić information content (AvgIpc) is 2.69. The maximum absolute atomic E-state index is 12.9. The van der Waals surface area contributed by atoms with E-state index in [-0.39, 0.29) is 5.82 Å². The van der Waals surface area contributed by atoms with Gasteiger partial charge in [0.2, 0.25) is 0 Å². The summed E-state index contributed by atoms with van der Waals surface area (Å²) in [6.07, 6.45) is 0.845. The Balaban J connectivity index is 1.57. The topological polar surface area (TPSA) is 30.5 Å². The minimum Gasteiger partial charge on any atom is -0.493 e. The second kappa shape index (κ2) is 8.90. The van der Waals surface area contributed by atoms with E-state index in [0.717, 1.165) is 23.4 Å². The van der Waals surface area contributed by atoms with Gasteiger partial charge >= 0.3 is 0 Å². The molecule has 3 aromatic carbocycles. The molecule has 0 spiro atoms. The minimum absolute atomic E-state index is 0.241. The van der Waals surface area contributed by atoms with E-state index in [1.165, 1.54) is 17.7 Å². The monoisotopic (exact) mass is 351 g/mol. The molecule has 3 nitrogen and oxygen atoms in total. The van der Waals surface area contributed by atoms with Crippen molar-refractivity contribution in [3.8, 4) is 11.5 Å². The fourth-order valence-electron chi connectivity index (χ4n) is 2.64. The SMILES string of the molecule is COc1cc(CNc2ccc(F)cc2)ccc1OCCc1ccccc1. The number of nitrogens with one attached hydrogen (secondary N) is 1. The van der Waals surface area contributed by atoms with Crippen LogP contribution in [0.5, 0.6) is 11.5 Å². The Morgan fingerprint density at radius 2 is 1.62 bits per heavy atom. The molecule has 26 heavy (non-hydrogen) atoms. The fourth-order valence-corrected chi connectivity index (χ4v) is 2.64. The normalized spacial score (nSPS) is 10.4. The van der Waals surface area contributed by atoms with E-state index in [1.807, 2.05) is 36.4 Å². The van der Waals surface area contributed by atoms with Crippen molar-refractivity contribution in [2.75, 3.05) is 19.0 Å². The molecule has 0 bridgehead atoms. The Morgan fingerprint density at radius 1 is 0.846 bits per heavy atom. The smallest absolute Gasteiger partial charge is 0.161 e. The van der Waals surface area contributed by atoms with Gasteiger partial charge in [-0.1, -0.05) is 36.4 Å². The minimum atomic E-state index is -0.241. The molecule has 3 aromatic rings. The molecule has 0 amide bonds. The molecule has 134 valence electrons. The van der Waals surface area contributed by atoms with Gasteiger partial charge in [0.15, 0.2) is 11.5 Å². The van der Waals surface area contributed by atoms with Gasteiger partial charge in [-0.2, -0.15) is 0 Å². The van der Waals surface area contributed by atoms with Crippen LogP contribution in [0.2, 0.25) is 0 Å². The fraction of sp³-hybridized carbons (Fsp3) is 0.182. The predicted octanol–water partition coefficient (Wildman–Crippen LogP) is 5.07. The van der Waals surface area contributed by atoms with Crippen LogP contribution in [-0.4, -0.2) is 13.7 Å². The summed E-state index contributed by atoms with van der Waals surface area (Å²) in [7, 11) is 1.64. The Hall–Kier alpha value is -3.01. The van der Waals surface area contributed by atoms with E-state index in [1.54, 1.807) is 19.2 Å². The standard InChI is InChI=1S/C22H22FNO2/c1-25-22-15-18(16-24-20-10-8-19(23)9-11-20)7-12-21(22)26-14-13-17-5-3-2-4-6-17/h2-12,15,24H,13-14,16H2,1H3. The van der Waals surface area contributed by atoms with Crippen LogP contribution in [0.3, 0.4) is 0 Å². The van der Waals surface area contributed by atoms with Crippen molar-refractivity contribution in [1.82, 2.24) is 0 Å². The number of halogens is 1. The van der Waals surface area contributed by atoms with Crippen molar-refractivity contribution < 1.29 is 13.9 Å². The van der Waals surface area contributed by atoms with Crippen LogP contribution in [0.25, 0.3) is 0 Å². The largest absolute Gasteiger partial charge is 0.493 e. The van der Waals surface area contributed by atoms with Crippen molar-refractivity contribution in [2.45, 2.75) is 13.0 Å². The van der Waals surface area contributed by atoms with Crippen LogP contribution < -0.4 is 14.8 Å². The molecule has 0 aromatic heterocycles. The Morgan fingerprint density at radius 3 is 2.35 bits per heavy atom. The summed E-state index contributed by atoms with van der Waals surface area (Å²) in [4.78, 5) is 0. The summed E-state index contributed by atoms with van der Waals surface area (Å²) < 4.78 is 24.3. The maximum Gasteiger partial charge on any atom is 0.161 e. The number of ether oxygens (including phenoxy) is 2. The first-order valence-corrected chi connectivity index (χ1v) is 8.57. The molecular weight excluding hydrogens is 329 g/mol. The second-order valence-corrected chi connectivity index (χ2v) is 5.93. The van der Waals surface area contributed by atoms with Gasteiger partial charge in [-0.15, -0.1) is 0 Å². The van der Waals surface area contributed by atoms with Crippen molar-refractivity contribution in [2.24, 2.45) is 0 Å². The molecule has 1 N–H and O–H groups in total. The highest BCUT2D eigenvalue weighted by molar-refractivity contribution is 5.46. The van der Waals surface area contributed by atoms with Crippen LogP contribution >= 0.6 is 0 Å². The van der Waals surface area contributed by atoms with Crippen LogP contribution in [-0.2, 0) is 13.0 Å². The zero-order valence-electron chi connectivity index (χ0n) is 14.7. The number of hydrogen-bond acceptors (Lipinski definition) is 3. The predicted molar refractivity (Wildman–Crippen MR) is 102 cm³/mol. The average molecular weight is 351 g/mol. The molecular formula is C22H22FNO2. The van der Waals surface area contributed by atoms with Gasteiger partial charge < -0.3 is 14.8 Å². The summed E-state index contributed by atoms with van der Waals surface area (Å²) in [5.41, 5.74) is 3.17. The molecule has 0 aliphatic rings. The third-order valence-electron chi connectivity index (χ3n) is 4.06. The molecule has 0 fully saturated rings. The molecule has 0 saturated heterocycles. The number of methoxy groups -OCH3 is 1. The summed E-state index contributed by atoms with van der Waals surface area (Å²) in [6, 6.07) is 22.4. The first kappa shape index (κ1) is 17.8. The lowest BCUT2D eigenvalue weighted by Crippen LogP contribution is -2.04. The third-order valence-corrected chi connectivity index (χ3v) is 4.06. The summed E-state index contributed by atoms with van der Waals surface area (Å²) in [5.74, 6) is 1.19. The van der Waals surface area contributed by atoms with Gasteiger partial charge in [0, 0.05) is 18.7 Å². The molecule has 0 saturated carbocycles. The van der Waals surface area contributed by atoms with Crippen LogP contribution in [0.1, 0.15) is 11.1 Å². The van der Waals surface area contributed by atoms with E-state index in [4.69, 9.17) is 9.47 Å². The second-order valence-electron chi connectivity index (χ2n) is 5.93. The van der Waals surface area contributed by atoms with Gasteiger partial charge in [0.05, 0.1) is 13.7 Å². The lowest BCUT2D eigenvalue weighted by Gasteiger charge is -2.13. The van der Waals surface area contributed by atoms with Crippen LogP contribution in [0, 0.1) is 5.82 Å². The third kappa shape index (κ3) is 4.99. The maximum atomic E-state index is 12.9. The molecule has 0 aliphatic carbocycles. The van der Waals surface area contributed by atoms with Crippen LogP contribution in [0.15, 0.2) is 72.8 Å².